The number of benzene rings is 1. The summed E-state index contributed by atoms with van der Waals surface area (Å²) in [6, 6.07) is 5.42. The number of rotatable bonds is 5. The number of ether oxygens (including phenoxy) is 1. The summed E-state index contributed by atoms with van der Waals surface area (Å²) in [6.07, 6.45) is 1.74. The Balaban J connectivity index is 3.14. The van der Waals surface area contributed by atoms with Crippen LogP contribution >= 0.6 is 11.6 Å². The van der Waals surface area contributed by atoms with Crippen LogP contribution in [-0.4, -0.2) is 19.4 Å². The van der Waals surface area contributed by atoms with Gasteiger partial charge in [-0.25, -0.2) is 4.79 Å². The maximum atomic E-state index is 11.6. The Hall–Kier alpha value is -1.35. The summed E-state index contributed by atoms with van der Waals surface area (Å²) < 4.78 is 4.71. The standard InChI is InChI=1S/C12H13ClO3/c1-16-12(15)11-9(6-3-7-14)4-2-5-10(11)8-13/h2,4-5,7H,3,6,8H2,1H3. The van der Waals surface area contributed by atoms with Gasteiger partial charge in [0.1, 0.15) is 6.29 Å². The molecular formula is C12H13ClO3. The van der Waals surface area contributed by atoms with Gasteiger partial charge in [-0.1, -0.05) is 18.2 Å². The van der Waals surface area contributed by atoms with Crippen LogP contribution in [0.2, 0.25) is 0 Å². The zero-order valence-electron chi connectivity index (χ0n) is 9.03. The van der Waals surface area contributed by atoms with E-state index in [0.717, 1.165) is 17.4 Å². The van der Waals surface area contributed by atoms with Crippen molar-refractivity contribution >= 4 is 23.9 Å². The molecule has 0 amide bonds. The Bertz CT molecular complexity index is 388. The van der Waals surface area contributed by atoms with E-state index in [1.807, 2.05) is 12.1 Å². The monoisotopic (exact) mass is 240 g/mol. The molecule has 0 radical (unpaired) electrons. The molecule has 3 nitrogen and oxygen atoms in total. The summed E-state index contributed by atoms with van der Waals surface area (Å²) in [5.41, 5.74) is 2.02. The van der Waals surface area contributed by atoms with E-state index in [1.165, 1.54) is 7.11 Å². The first-order chi connectivity index (χ1) is 7.74. The highest BCUT2D eigenvalue weighted by Crippen LogP contribution is 2.19. The van der Waals surface area contributed by atoms with E-state index in [4.69, 9.17) is 16.3 Å². The molecule has 0 unspecified atom stereocenters. The summed E-state index contributed by atoms with van der Waals surface area (Å²) in [6.45, 7) is 0. The number of aryl methyl sites for hydroxylation is 1. The first-order valence-electron chi connectivity index (χ1n) is 4.93. The zero-order chi connectivity index (χ0) is 12.0. The molecule has 0 atom stereocenters. The molecule has 1 rings (SSSR count). The van der Waals surface area contributed by atoms with Crippen LogP contribution in [0.25, 0.3) is 0 Å². The van der Waals surface area contributed by atoms with Gasteiger partial charge in [-0.15, -0.1) is 11.6 Å². The van der Waals surface area contributed by atoms with Gasteiger partial charge in [-0.3, -0.25) is 0 Å². The predicted molar refractivity (Wildman–Crippen MR) is 61.7 cm³/mol. The largest absolute Gasteiger partial charge is 0.465 e. The van der Waals surface area contributed by atoms with Crippen molar-refractivity contribution in [1.29, 1.82) is 0 Å². The number of esters is 1. The van der Waals surface area contributed by atoms with E-state index in [9.17, 15) is 9.59 Å². The number of alkyl halides is 1. The smallest absolute Gasteiger partial charge is 0.338 e. The van der Waals surface area contributed by atoms with Crippen molar-refractivity contribution in [2.75, 3.05) is 7.11 Å². The quantitative estimate of drug-likeness (QED) is 0.451. The number of hydrogen-bond donors (Lipinski definition) is 0. The fraction of sp³-hybridized carbons (Fsp3) is 0.333. The summed E-state index contributed by atoms with van der Waals surface area (Å²) in [4.78, 5) is 21.9. The van der Waals surface area contributed by atoms with E-state index in [0.29, 0.717) is 18.4 Å². The average Bonchev–Trinajstić information content (AvgIpc) is 2.34. The normalized spacial score (nSPS) is 9.88. The minimum atomic E-state index is -0.405. The number of carbonyl (C=O) groups is 2. The topological polar surface area (TPSA) is 43.4 Å². The lowest BCUT2D eigenvalue weighted by molar-refractivity contribution is -0.107. The van der Waals surface area contributed by atoms with E-state index in [1.54, 1.807) is 6.07 Å². The molecule has 1 aromatic carbocycles. The van der Waals surface area contributed by atoms with Crippen LogP contribution in [0, 0.1) is 0 Å². The molecule has 86 valence electrons. The van der Waals surface area contributed by atoms with Crippen molar-refractivity contribution in [3.05, 3.63) is 34.9 Å². The van der Waals surface area contributed by atoms with Crippen LogP contribution in [0.15, 0.2) is 18.2 Å². The van der Waals surface area contributed by atoms with Crippen LogP contribution in [0.5, 0.6) is 0 Å². The lowest BCUT2D eigenvalue weighted by atomic mass is 9.98. The molecule has 0 heterocycles. The highest BCUT2D eigenvalue weighted by Gasteiger charge is 2.15. The Morgan fingerprint density at radius 1 is 1.44 bits per heavy atom. The molecule has 0 saturated heterocycles. The zero-order valence-corrected chi connectivity index (χ0v) is 9.79. The Kier molecular flexibility index (Phi) is 4.99. The maximum Gasteiger partial charge on any atom is 0.338 e. The third kappa shape index (κ3) is 2.83. The van der Waals surface area contributed by atoms with Gasteiger partial charge >= 0.3 is 5.97 Å². The number of methoxy groups -OCH3 is 1. The number of halogens is 1. The fourth-order valence-corrected chi connectivity index (χ4v) is 1.77. The fourth-order valence-electron chi connectivity index (χ4n) is 1.55. The number of aldehydes is 1. The summed E-state index contributed by atoms with van der Waals surface area (Å²) in [5, 5.41) is 0. The number of hydrogen-bond acceptors (Lipinski definition) is 3. The van der Waals surface area contributed by atoms with E-state index >= 15 is 0 Å². The van der Waals surface area contributed by atoms with Crippen molar-refractivity contribution in [1.82, 2.24) is 0 Å². The second-order valence-corrected chi connectivity index (χ2v) is 3.55. The molecule has 16 heavy (non-hydrogen) atoms. The van der Waals surface area contributed by atoms with Crippen LogP contribution in [0.4, 0.5) is 0 Å². The third-order valence-corrected chi connectivity index (χ3v) is 2.59. The lowest BCUT2D eigenvalue weighted by Gasteiger charge is -2.10. The first kappa shape index (κ1) is 12.7. The molecule has 0 aliphatic rings. The van der Waals surface area contributed by atoms with Gasteiger partial charge in [-0.05, 0) is 17.5 Å². The summed E-state index contributed by atoms with van der Waals surface area (Å²) >= 11 is 5.76. The molecular weight excluding hydrogens is 228 g/mol. The second kappa shape index (κ2) is 6.28. The highest BCUT2D eigenvalue weighted by atomic mass is 35.5. The molecule has 0 spiro atoms. The van der Waals surface area contributed by atoms with Crippen LogP contribution in [-0.2, 0) is 21.8 Å². The lowest BCUT2D eigenvalue weighted by Crippen LogP contribution is -2.09. The van der Waals surface area contributed by atoms with Crippen LogP contribution in [0.1, 0.15) is 27.9 Å². The van der Waals surface area contributed by atoms with Gasteiger partial charge in [0.05, 0.1) is 12.7 Å². The first-order valence-corrected chi connectivity index (χ1v) is 5.46. The minimum absolute atomic E-state index is 0.249. The van der Waals surface area contributed by atoms with Crippen LogP contribution < -0.4 is 0 Å². The average molecular weight is 241 g/mol. The predicted octanol–water partition coefficient (Wildman–Crippen LogP) is 2.34. The summed E-state index contributed by atoms with van der Waals surface area (Å²) in [7, 11) is 1.33. The Labute approximate surface area is 99.4 Å². The third-order valence-electron chi connectivity index (χ3n) is 2.30. The van der Waals surface area contributed by atoms with Gasteiger partial charge in [0.25, 0.3) is 0 Å². The highest BCUT2D eigenvalue weighted by molar-refractivity contribution is 6.17. The summed E-state index contributed by atoms with van der Waals surface area (Å²) in [5.74, 6) is -0.156. The van der Waals surface area contributed by atoms with Crippen molar-refractivity contribution < 1.29 is 14.3 Å². The van der Waals surface area contributed by atoms with Gasteiger partial charge < -0.3 is 9.53 Å². The van der Waals surface area contributed by atoms with Gasteiger partial charge in [0.2, 0.25) is 0 Å². The molecule has 0 N–H and O–H groups in total. The number of carbonyl (C=O) groups excluding carboxylic acids is 2. The molecule has 0 saturated carbocycles. The van der Waals surface area contributed by atoms with Gasteiger partial charge in [-0.2, -0.15) is 0 Å². The molecule has 0 bridgehead atoms. The molecule has 1 aromatic rings. The Morgan fingerprint density at radius 3 is 2.69 bits per heavy atom. The van der Waals surface area contributed by atoms with Gasteiger partial charge in [0, 0.05) is 12.3 Å². The van der Waals surface area contributed by atoms with Crippen molar-refractivity contribution in [3.8, 4) is 0 Å². The van der Waals surface area contributed by atoms with Gasteiger partial charge in [0.15, 0.2) is 0 Å². The van der Waals surface area contributed by atoms with E-state index < -0.39 is 5.97 Å². The van der Waals surface area contributed by atoms with E-state index in [-0.39, 0.29) is 5.88 Å². The van der Waals surface area contributed by atoms with Crippen LogP contribution in [0.3, 0.4) is 0 Å². The van der Waals surface area contributed by atoms with Crippen molar-refractivity contribution in [2.45, 2.75) is 18.7 Å². The van der Waals surface area contributed by atoms with E-state index in [2.05, 4.69) is 0 Å². The Morgan fingerprint density at radius 2 is 2.12 bits per heavy atom. The van der Waals surface area contributed by atoms with Crippen molar-refractivity contribution in [3.63, 3.8) is 0 Å². The molecule has 0 aliphatic carbocycles. The second-order valence-electron chi connectivity index (χ2n) is 3.28. The SMILES string of the molecule is COC(=O)c1c(CCl)cccc1CCC=O. The molecule has 4 heteroatoms. The minimum Gasteiger partial charge on any atom is -0.465 e. The van der Waals surface area contributed by atoms with Crippen molar-refractivity contribution in [2.24, 2.45) is 0 Å². The maximum absolute atomic E-state index is 11.6. The molecule has 0 fully saturated rings. The molecule has 0 aromatic heterocycles. The molecule has 0 aliphatic heterocycles.